The summed E-state index contributed by atoms with van der Waals surface area (Å²) in [6, 6.07) is 15.0. The molecule has 0 saturated carbocycles. The zero-order valence-corrected chi connectivity index (χ0v) is 17.4. The molecule has 0 aliphatic carbocycles. The molecule has 0 bridgehead atoms. The summed E-state index contributed by atoms with van der Waals surface area (Å²) in [7, 11) is 1.47. The molecule has 0 fully saturated rings. The van der Waals surface area contributed by atoms with Gasteiger partial charge in [-0.05, 0) is 37.3 Å². The number of anilines is 1. The second kappa shape index (κ2) is 9.80. The van der Waals surface area contributed by atoms with E-state index in [0.29, 0.717) is 10.7 Å². The minimum atomic E-state index is -0.653. The van der Waals surface area contributed by atoms with E-state index in [9.17, 15) is 14.4 Å². The Morgan fingerprint density at radius 2 is 1.87 bits per heavy atom. The van der Waals surface area contributed by atoms with Crippen LogP contribution in [0.2, 0.25) is 0 Å². The number of aromatic nitrogens is 1. The van der Waals surface area contributed by atoms with E-state index >= 15 is 0 Å². The lowest BCUT2D eigenvalue weighted by Crippen LogP contribution is -2.37. The van der Waals surface area contributed by atoms with Crippen LogP contribution in [0.25, 0.3) is 16.3 Å². The molecule has 1 aromatic heterocycles. The fourth-order valence-electron chi connectivity index (χ4n) is 2.53. The van der Waals surface area contributed by atoms with Crippen LogP contribution in [-0.4, -0.2) is 47.9 Å². The number of thiazole rings is 1. The van der Waals surface area contributed by atoms with E-state index in [1.54, 1.807) is 18.2 Å². The van der Waals surface area contributed by atoms with Gasteiger partial charge in [-0.2, -0.15) is 0 Å². The Bertz CT molecular complexity index is 1060. The van der Waals surface area contributed by atoms with Gasteiger partial charge in [0.2, 0.25) is 5.91 Å². The summed E-state index contributed by atoms with van der Waals surface area (Å²) in [4.78, 5) is 41.6. The summed E-state index contributed by atoms with van der Waals surface area (Å²) in [5.41, 5.74) is 2.59. The predicted molar refractivity (Wildman–Crippen MR) is 117 cm³/mol. The number of rotatable bonds is 7. The van der Waals surface area contributed by atoms with E-state index in [1.165, 1.54) is 29.4 Å². The molecule has 2 amide bonds. The van der Waals surface area contributed by atoms with Crippen molar-refractivity contribution in [1.82, 2.24) is 9.88 Å². The molecule has 154 valence electrons. The first kappa shape index (κ1) is 21.2. The first-order chi connectivity index (χ1) is 14.4. The van der Waals surface area contributed by atoms with Gasteiger partial charge in [-0.3, -0.25) is 9.59 Å². The first-order valence-corrected chi connectivity index (χ1v) is 10.0. The van der Waals surface area contributed by atoms with Crippen LogP contribution in [0.4, 0.5) is 5.69 Å². The Hall–Kier alpha value is -3.52. The number of para-hydroxylation sites is 1. The zero-order chi connectivity index (χ0) is 21.5. The minimum absolute atomic E-state index is 0.147. The maximum Gasteiger partial charge on any atom is 0.331 e. The van der Waals surface area contributed by atoms with Crippen molar-refractivity contribution in [3.05, 3.63) is 65.2 Å². The van der Waals surface area contributed by atoms with Crippen LogP contribution in [0.15, 0.2) is 54.6 Å². The van der Waals surface area contributed by atoms with Crippen molar-refractivity contribution < 1.29 is 19.1 Å². The number of hydrogen-bond acceptors (Lipinski definition) is 6. The third-order valence-corrected chi connectivity index (χ3v) is 5.15. The Kier molecular flexibility index (Phi) is 6.92. The third-order valence-electron chi connectivity index (χ3n) is 4.15. The van der Waals surface area contributed by atoms with Gasteiger partial charge in [0.05, 0.1) is 16.8 Å². The molecule has 0 spiro atoms. The number of aryl methyl sites for hydroxylation is 1. The molecule has 0 saturated heterocycles. The lowest BCUT2D eigenvalue weighted by atomic mass is 10.2. The van der Waals surface area contributed by atoms with Crippen LogP contribution in [-0.2, 0) is 19.1 Å². The van der Waals surface area contributed by atoms with Gasteiger partial charge in [0.25, 0.3) is 5.91 Å². The summed E-state index contributed by atoms with van der Waals surface area (Å²) in [6.07, 6.45) is 2.78. The molecule has 3 aromatic rings. The molecule has 8 heteroatoms. The van der Waals surface area contributed by atoms with Crippen LogP contribution in [0, 0.1) is 6.92 Å². The van der Waals surface area contributed by atoms with Crippen molar-refractivity contribution in [1.29, 1.82) is 0 Å². The largest absolute Gasteiger partial charge is 0.452 e. The van der Waals surface area contributed by atoms with Gasteiger partial charge in [0, 0.05) is 18.8 Å². The number of ether oxygens (including phenoxy) is 1. The Labute approximate surface area is 178 Å². The average Bonchev–Trinajstić information content (AvgIpc) is 3.15. The van der Waals surface area contributed by atoms with E-state index < -0.39 is 18.5 Å². The van der Waals surface area contributed by atoms with Gasteiger partial charge < -0.3 is 15.0 Å². The molecular weight excluding hydrogens is 402 g/mol. The van der Waals surface area contributed by atoms with E-state index in [2.05, 4.69) is 10.3 Å². The van der Waals surface area contributed by atoms with Crippen LogP contribution >= 0.6 is 11.3 Å². The van der Waals surface area contributed by atoms with Crippen molar-refractivity contribution >= 4 is 51.1 Å². The molecule has 2 aromatic carbocycles. The van der Waals surface area contributed by atoms with Crippen LogP contribution in [0.5, 0.6) is 0 Å². The molecule has 1 heterocycles. The number of likely N-dealkylation sites (N-methyl/N-ethyl adjacent to an activating group) is 1. The highest BCUT2D eigenvalue weighted by atomic mass is 32.1. The number of carbonyl (C=O) groups excluding carboxylic acids is 3. The van der Waals surface area contributed by atoms with Crippen molar-refractivity contribution in [3.63, 3.8) is 0 Å². The zero-order valence-electron chi connectivity index (χ0n) is 16.6. The van der Waals surface area contributed by atoms with Gasteiger partial charge in [-0.25, -0.2) is 9.78 Å². The number of nitrogens with one attached hydrogen (secondary N) is 1. The van der Waals surface area contributed by atoms with Gasteiger partial charge >= 0.3 is 5.97 Å². The Balaban J connectivity index is 1.43. The normalized spacial score (nSPS) is 10.9. The maximum absolute atomic E-state index is 12.1. The van der Waals surface area contributed by atoms with E-state index in [0.717, 1.165) is 15.8 Å². The number of nitrogens with zero attached hydrogens (tertiary/aromatic N) is 2. The number of esters is 1. The smallest absolute Gasteiger partial charge is 0.331 e. The van der Waals surface area contributed by atoms with Gasteiger partial charge in [0.1, 0.15) is 5.01 Å². The molecule has 0 atom stereocenters. The van der Waals surface area contributed by atoms with Gasteiger partial charge in [-0.1, -0.05) is 29.8 Å². The summed E-state index contributed by atoms with van der Waals surface area (Å²) in [5, 5.41) is 3.38. The third kappa shape index (κ3) is 5.99. The summed E-state index contributed by atoms with van der Waals surface area (Å²) >= 11 is 1.45. The maximum atomic E-state index is 12.1. The van der Waals surface area contributed by atoms with Crippen molar-refractivity contribution in [2.45, 2.75) is 6.92 Å². The molecular formula is C22H21N3O4S. The molecule has 0 unspecified atom stereocenters. The first-order valence-electron chi connectivity index (χ1n) is 9.21. The van der Waals surface area contributed by atoms with E-state index in [4.69, 9.17) is 4.74 Å². The van der Waals surface area contributed by atoms with Crippen LogP contribution in [0.1, 0.15) is 10.6 Å². The number of amides is 2. The Morgan fingerprint density at radius 1 is 1.13 bits per heavy atom. The number of carbonyl (C=O) groups is 3. The van der Waals surface area contributed by atoms with E-state index in [-0.39, 0.29) is 12.5 Å². The quantitative estimate of drug-likeness (QED) is 0.465. The van der Waals surface area contributed by atoms with Crippen LogP contribution in [0.3, 0.4) is 0 Å². The molecule has 7 nitrogen and oxygen atoms in total. The van der Waals surface area contributed by atoms with Crippen molar-refractivity contribution in [2.24, 2.45) is 0 Å². The Morgan fingerprint density at radius 3 is 2.60 bits per heavy atom. The monoisotopic (exact) mass is 423 g/mol. The molecule has 0 aliphatic heterocycles. The second-order valence-corrected chi connectivity index (χ2v) is 7.69. The molecule has 0 radical (unpaired) electrons. The fraction of sp³-hybridized carbons (Fsp3) is 0.182. The summed E-state index contributed by atoms with van der Waals surface area (Å²) in [6.45, 7) is 1.36. The van der Waals surface area contributed by atoms with Crippen molar-refractivity contribution in [3.8, 4) is 0 Å². The summed E-state index contributed by atoms with van der Waals surface area (Å²) < 4.78 is 5.98. The molecule has 3 rings (SSSR count). The van der Waals surface area contributed by atoms with Crippen LogP contribution < -0.4 is 5.32 Å². The number of hydrogen-bond donors (Lipinski definition) is 1. The lowest BCUT2D eigenvalue weighted by Gasteiger charge is -2.16. The second-order valence-electron chi connectivity index (χ2n) is 6.62. The number of fused-ring (bicyclic) bond motifs is 1. The molecule has 0 aliphatic rings. The minimum Gasteiger partial charge on any atom is -0.452 e. The predicted octanol–water partition coefficient (Wildman–Crippen LogP) is 3.26. The SMILES string of the molecule is Cc1ccc(NC(=O)CN(C)C(=O)COC(=O)/C=C/c2nc3ccccc3s2)cc1. The molecule has 30 heavy (non-hydrogen) atoms. The average molecular weight is 423 g/mol. The topological polar surface area (TPSA) is 88.6 Å². The van der Waals surface area contributed by atoms with E-state index in [1.807, 2.05) is 43.3 Å². The highest BCUT2D eigenvalue weighted by molar-refractivity contribution is 7.19. The summed E-state index contributed by atoms with van der Waals surface area (Å²) in [5.74, 6) is -1.47. The standard InChI is InChI=1S/C22H21N3O4S/c1-15-7-9-16(10-8-15)23-19(26)13-25(2)21(27)14-29-22(28)12-11-20-24-17-5-3-4-6-18(17)30-20/h3-12H,13-14H2,1-2H3,(H,23,26)/b12-11+. The lowest BCUT2D eigenvalue weighted by molar-refractivity contribution is -0.148. The van der Waals surface area contributed by atoms with Gasteiger partial charge in [-0.15, -0.1) is 11.3 Å². The fourth-order valence-corrected chi connectivity index (χ4v) is 3.40. The van der Waals surface area contributed by atoms with Gasteiger partial charge in [0.15, 0.2) is 6.61 Å². The highest BCUT2D eigenvalue weighted by Gasteiger charge is 2.14. The molecule has 1 N–H and O–H groups in total. The van der Waals surface area contributed by atoms with Crippen molar-refractivity contribution in [2.75, 3.05) is 25.5 Å². The number of benzene rings is 2. The highest BCUT2D eigenvalue weighted by Crippen LogP contribution is 2.22.